The molecule has 0 heterocycles. The predicted octanol–water partition coefficient (Wildman–Crippen LogP) is 1.14. The van der Waals surface area contributed by atoms with Crippen molar-refractivity contribution in [2.75, 3.05) is 13.6 Å². The lowest BCUT2D eigenvalue weighted by Crippen LogP contribution is -2.41. The van der Waals surface area contributed by atoms with Crippen LogP contribution in [0.4, 0.5) is 0 Å². The first kappa shape index (κ1) is 11.0. The summed E-state index contributed by atoms with van der Waals surface area (Å²) in [7, 11) is 1.76. The van der Waals surface area contributed by atoms with Crippen LogP contribution in [-0.2, 0) is 0 Å². The molecule has 0 aromatic rings. The van der Waals surface area contributed by atoms with E-state index >= 15 is 0 Å². The molecule has 0 radical (unpaired) electrons. The SMILES string of the molecule is C=C(C)CNC(=NC)NC(C)C. The number of aliphatic imine (C=N–C) groups is 1. The van der Waals surface area contributed by atoms with Crippen molar-refractivity contribution < 1.29 is 0 Å². The highest BCUT2D eigenvalue weighted by atomic mass is 15.2. The summed E-state index contributed by atoms with van der Waals surface area (Å²) in [4.78, 5) is 4.05. The molecule has 0 aliphatic heterocycles. The van der Waals surface area contributed by atoms with Gasteiger partial charge in [-0.25, -0.2) is 0 Å². The molecule has 0 saturated heterocycles. The predicted molar refractivity (Wildman–Crippen MR) is 54.4 cm³/mol. The first-order valence-electron chi connectivity index (χ1n) is 4.17. The maximum absolute atomic E-state index is 4.05. The number of guanidine groups is 1. The van der Waals surface area contributed by atoms with Gasteiger partial charge in [-0.3, -0.25) is 4.99 Å². The van der Waals surface area contributed by atoms with Crippen molar-refractivity contribution >= 4 is 5.96 Å². The van der Waals surface area contributed by atoms with E-state index in [1.54, 1.807) is 7.05 Å². The van der Waals surface area contributed by atoms with E-state index in [9.17, 15) is 0 Å². The molecular weight excluding hydrogens is 150 g/mol. The summed E-state index contributed by atoms with van der Waals surface area (Å²) in [6, 6.07) is 0.404. The molecule has 0 saturated carbocycles. The third-order valence-electron chi connectivity index (χ3n) is 1.21. The highest BCUT2D eigenvalue weighted by molar-refractivity contribution is 5.80. The van der Waals surface area contributed by atoms with Crippen molar-refractivity contribution in [3.05, 3.63) is 12.2 Å². The van der Waals surface area contributed by atoms with Crippen LogP contribution in [0.3, 0.4) is 0 Å². The van der Waals surface area contributed by atoms with Crippen LogP contribution in [0.2, 0.25) is 0 Å². The fourth-order valence-corrected chi connectivity index (χ4v) is 0.703. The maximum Gasteiger partial charge on any atom is 0.191 e. The highest BCUT2D eigenvalue weighted by Crippen LogP contribution is 1.82. The van der Waals surface area contributed by atoms with Crippen LogP contribution in [0.25, 0.3) is 0 Å². The second-order valence-electron chi connectivity index (χ2n) is 3.18. The van der Waals surface area contributed by atoms with Crippen molar-refractivity contribution in [2.24, 2.45) is 4.99 Å². The molecule has 0 bridgehead atoms. The Hall–Kier alpha value is -0.990. The lowest BCUT2D eigenvalue weighted by molar-refractivity contribution is 0.707. The van der Waals surface area contributed by atoms with E-state index < -0.39 is 0 Å². The van der Waals surface area contributed by atoms with Gasteiger partial charge in [0.2, 0.25) is 0 Å². The standard InChI is InChI=1S/C9H19N3/c1-7(2)6-11-9(10-5)12-8(3)4/h8H,1,6H2,2-5H3,(H2,10,11,12). The van der Waals surface area contributed by atoms with Gasteiger partial charge in [0.1, 0.15) is 0 Å². The Morgan fingerprint density at radius 3 is 2.42 bits per heavy atom. The summed E-state index contributed by atoms with van der Waals surface area (Å²) in [5.74, 6) is 0.827. The maximum atomic E-state index is 4.05. The van der Waals surface area contributed by atoms with E-state index in [0.717, 1.165) is 18.1 Å². The van der Waals surface area contributed by atoms with E-state index in [4.69, 9.17) is 0 Å². The summed E-state index contributed by atoms with van der Waals surface area (Å²) in [6.07, 6.45) is 0. The van der Waals surface area contributed by atoms with Gasteiger partial charge in [-0.1, -0.05) is 12.2 Å². The van der Waals surface area contributed by atoms with E-state index in [2.05, 4.69) is 36.1 Å². The average molecular weight is 169 g/mol. The van der Waals surface area contributed by atoms with Gasteiger partial charge in [0.05, 0.1) is 0 Å². The summed E-state index contributed by atoms with van der Waals surface area (Å²) < 4.78 is 0. The van der Waals surface area contributed by atoms with E-state index in [1.165, 1.54) is 0 Å². The Morgan fingerprint density at radius 1 is 1.50 bits per heavy atom. The molecule has 0 spiro atoms. The zero-order valence-corrected chi connectivity index (χ0v) is 8.44. The van der Waals surface area contributed by atoms with Crippen LogP contribution in [0.15, 0.2) is 17.1 Å². The Balaban J connectivity index is 3.77. The van der Waals surface area contributed by atoms with Crippen LogP contribution in [0.1, 0.15) is 20.8 Å². The summed E-state index contributed by atoms with van der Waals surface area (Å²) >= 11 is 0. The van der Waals surface area contributed by atoms with Gasteiger partial charge in [-0.2, -0.15) is 0 Å². The lowest BCUT2D eigenvalue weighted by atomic mass is 10.3. The highest BCUT2D eigenvalue weighted by Gasteiger charge is 1.97. The van der Waals surface area contributed by atoms with Gasteiger partial charge in [0.25, 0.3) is 0 Å². The zero-order chi connectivity index (χ0) is 9.56. The molecule has 3 heteroatoms. The normalized spacial score (nSPS) is 11.6. The van der Waals surface area contributed by atoms with Gasteiger partial charge in [-0.15, -0.1) is 0 Å². The molecule has 0 unspecified atom stereocenters. The van der Waals surface area contributed by atoms with Gasteiger partial charge in [-0.05, 0) is 20.8 Å². The molecule has 2 N–H and O–H groups in total. The number of hydrogen-bond acceptors (Lipinski definition) is 1. The molecule has 70 valence electrons. The van der Waals surface area contributed by atoms with Crippen molar-refractivity contribution in [3.8, 4) is 0 Å². The summed E-state index contributed by atoms with van der Waals surface area (Å²) in [5, 5.41) is 6.32. The van der Waals surface area contributed by atoms with E-state index in [1.807, 2.05) is 6.92 Å². The smallest absolute Gasteiger partial charge is 0.191 e. The largest absolute Gasteiger partial charge is 0.354 e. The van der Waals surface area contributed by atoms with Gasteiger partial charge < -0.3 is 10.6 Å². The first-order valence-corrected chi connectivity index (χ1v) is 4.17. The Kier molecular flexibility index (Phi) is 5.17. The topological polar surface area (TPSA) is 36.4 Å². The van der Waals surface area contributed by atoms with Crippen molar-refractivity contribution in [1.29, 1.82) is 0 Å². The molecule has 0 amide bonds. The minimum atomic E-state index is 0.404. The number of nitrogens with zero attached hydrogens (tertiary/aromatic N) is 1. The zero-order valence-electron chi connectivity index (χ0n) is 8.44. The third-order valence-corrected chi connectivity index (χ3v) is 1.21. The van der Waals surface area contributed by atoms with Crippen LogP contribution in [0.5, 0.6) is 0 Å². The second kappa shape index (κ2) is 5.63. The van der Waals surface area contributed by atoms with Crippen LogP contribution in [-0.4, -0.2) is 25.6 Å². The minimum absolute atomic E-state index is 0.404. The Morgan fingerprint density at radius 2 is 2.08 bits per heavy atom. The van der Waals surface area contributed by atoms with Gasteiger partial charge in [0.15, 0.2) is 5.96 Å². The van der Waals surface area contributed by atoms with Crippen LogP contribution >= 0.6 is 0 Å². The third kappa shape index (κ3) is 5.77. The second-order valence-corrected chi connectivity index (χ2v) is 3.18. The minimum Gasteiger partial charge on any atom is -0.354 e. The molecule has 3 nitrogen and oxygen atoms in total. The van der Waals surface area contributed by atoms with Crippen molar-refractivity contribution in [1.82, 2.24) is 10.6 Å². The number of nitrogens with one attached hydrogen (secondary N) is 2. The fourth-order valence-electron chi connectivity index (χ4n) is 0.703. The summed E-state index contributed by atoms with van der Waals surface area (Å²) in [5.41, 5.74) is 1.10. The quantitative estimate of drug-likeness (QED) is 0.377. The van der Waals surface area contributed by atoms with Gasteiger partial charge in [0, 0.05) is 19.6 Å². The Labute approximate surface area is 75.0 Å². The summed E-state index contributed by atoms with van der Waals surface area (Å²) in [6.45, 7) is 10.7. The molecule has 0 aromatic carbocycles. The van der Waals surface area contributed by atoms with Crippen molar-refractivity contribution in [3.63, 3.8) is 0 Å². The molecule has 12 heavy (non-hydrogen) atoms. The number of hydrogen-bond donors (Lipinski definition) is 2. The van der Waals surface area contributed by atoms with Gasteiger partial charge >= 0.3 is 0 Å². The molecule has 0 aliphatic carbocycles. The lowest BCUT2D eigenvalue weighted by Gasteiger charge is -2.13. The average Bonchev–Trinajstić information content (AvgIpc) is 1.97. The van der Waals surface area contributed by atoms with E-state index in [0.29, 0.717) is 6.04 Å². The molecule has 0 rings (SSSR count). The van der Waals surface area contributed by atoms with Crippen LogP contribution < -0.4 is 10.6 Å². The van der Waals surface area contributed by atoms with Crippen LogP contribution in [0, 0.1) is 0 Å². The molecule has 0 aromatic heterocycles. The number of rotatable bonds is 3. The molecular formula is C9H19N3. The van der Waals surface area contributed by atoms with Crippen molar-refractivity contribution in [2.45, 2.75) is 26.8 Å². The molecule has 0 aliphatic rings. The van der Waals surface area contributed by atoms with E-state index in [-0.39, 0.29) is 0 Å². The molecule has 0 fully saturated rings. The fraction of sp³-hybridized carbons (Fsp3) is 0.667. The Bertz CT molecular complexity index is 171. The first-order chi connectivity index (χ1) is 5.56. The monoisotopic (exact) mass is 169 g/mol. The molecule has 0 atom stereocenters.